The highest BCUT2D eigenvalue weighted by Gasteiger charge is 2.27. The van der Waals surface area contributed by atoms with Crippen molar-refractivity contribution in [1.29, 1.82) is 0 Å². The molecule has 0 heterocycles. The molecule has 19 heavy (non-hydrogen) atoms. The largest absolute Gasteiger partial charge is 0.399 e. The van der Waals surface area contributed by atoms with E-state index in [9.17, 15) is 4.79 Å². The van der Waals surface area contributed by atoms with Gasteiger partial charge < -0.3 is 11.1 Å². The van der Waals surface area contributed by atoms with Gasteiger partial charge in [0.15, 0.2) is 0 Å². The van der Waals surface area contributed by atoms with Crippen molar-refractivity contribution in [2.75, 3.05) is 5.73 Å². The number of anilines is 1. The quantitative estimate of drug-likeness (QED) is 0.821. The van der Waals surface area contributed by atoms with E-state index in [1.165, 1.54) is 12.8 Å². The van der Waals surface area contributed by atoms with Gasteiger partial charge in [0.05, 0.1) is 6.42 Å². The van der Waals surface area contributed by atoms with E-state index in [1.807, 2.05) is 24.3 Å². The molecule has 0 bridgehead atoms. The van der Waals surface area contributed by atoms with Crippen molar-refractivity contribution in [2.45, 2.75) is 45.6 Å². The molecular formula is C16H24N2O. The lowest BCUT2D eigenvalue weighted by Gasteiger charge is -2.34. The molecule has 0 aromatic heterocycles. The lowest BCUT2D eigenvalue weighted by atomic mass is 9.78. The number of rotatable bonds is 3. The molecule has 2 rings (SSSR count). The molecule has 0 spiro atoms. The van der Waals surface area contributed by atoms with Crippen molar-refractivity contribution in [3.8, 4) is 0 Å². The topological polar surface area (TPSA) is 55.1 Å². The molecule has 1 amide bonds. The Morgan fingerprint density at radius 2 is 1.95 bits per heavy atom. The Morgan fingerprint density at radius 3 is 2.63 bits per heavy atom. The third-order valence-corrected chi connectivity index (χ3v) is 4.40. The maximum atomic E-state index is 12.1. The van der Waals surface area contributed by atoms with Crippen molar-refractivity contribution in [3.05, 3.63) is 29.8 Å². The Morgan fingerprint density at radius 1 is 1.26 bits per heavy atom. The van der Waals surface area contributed by atoms with Crippen LogP contribution in [-0.2, 0) is 11.2 Å². The third-order valence-electron chi connectivity index (χ3n) is 4.40. The first kappa shape index (κ1) is 13.9. The van der Waals surface area contributed by atoms with Crippen molar-refractivity contribution < 1.29 is 4.79 Å². The van der Waals surface area contributed by atoms with Crippen LogP contribution in [-0.4, -0.2) is 11.9 Å². The Kier molecular flexibility index (Phi) is 4.46. The fraction of sp³-hybridized carbons (Fsp3) is 0.562. The molecule has 1 aromatic rings. The lowest BCUT2D eigenvalue weighted by Crippen LogP contribution is -2.44. The number of nitrogen functional groups attached to an aromatic ring is 1. The van der Waals surface area contributed by atoms with Crippen LogP contribution in [0.2, 0.25) is 0 Å². The van der Waals surface area contributed by atoms with E-state index < -0.39 is 0 Å². The zero-order valence-corrected chi connectivity index (χ0v) is 11.9. The number of amides is 1. The Labute approximate surface area is 115 Å². The zero-order chi connectivity index (χ0) is 13.8. The summed E-state index contributed by atoms with van der Waals surface area (Å²) >= 11 is 0. The molecule has 3 N–H and O–H groups in total. The number of nitrogens with one attached hydrogen (secondary N) is 1. The molecule has 1 aliphatic rings. The maximum Gasteiger partial charge on any atom is 0.224 e. The molecule has 1 aliphatic carbocycles. The van der Waals surface area contributed by atoms with Crippen LogP contribution >= 0.6 is 0 Å². The Bertz CT molecular complexity index is 427. The molecule has 3 heteroatoms. The highest BCUT2D eigenvalue weighted by atomic mass is 16.1. The second kappa shape index (κ2) is 6.09. The standard InChI is InChI=1S/C16H24N2O/c1-11-4-3-5-15(12(11)2)18-16(19)10-13-6-8-14(17)9-7-13/h6-9,11-12,15H,3-5,10,17H2,1-2H3,(H,18,19). The van der Waals surface area contributed by atoms with E-state index in [2.05, 4.69) is 19.2 Å². The molecular weight excluding hydrogens is 236 g/mol. The van der Waals surface area contributed by atoms with Crippen LogP contribution < -0.4 is 11.1 Å². The van der Waals surface area contributed by atoms with E-state index in [0.717, 1.165) is 17.7 Å². The molecule has 104 valence electrons. The van der Waals surface area contributed by atoms with Crippen LogP contribution in [0.3, 0.4) is 0 Å². The molecule has 1 saturated carbocycles. The Balaban J connectivity index is 1.88. The van der Waals surface area contributed by atoms with E-state index in [-0.39, 0.29) is 5.91 Å². The van der Waals surface area contributed by atoms with Gasteiger partial charge in [-0.2, -0.15) is 0 Å². The third kappa shape index (κ3) is 3.72. The van der Waals surface area contributed by atoms with Crippen LogP contribution in [0.25, 0.3) is 0 Å². The molecule has 3 unspecified atom stereocenters. The minimum atomic E-state index is 0.121. The number of carbonyl (C=O) groups excluding carboxylic acids is 1. The first-order valence-corrected chi connectivity index (χ1v) is 7.20. The average molecular weight is 260 g/mol. The molecule has 1 fully saturated rings. The van der Waals surface area contributed by atoms with Crippen LogP contribution in [0.15, 0.2) is 24.3 Å². The van der Waals surface area contributed by atoms with Gasteiger partial charge in [-0.15, -0.1) is 0 Å². The van der Waals surface area contributed by atoms with Gasteiger partial charge in [-0.1, -0.05) is 38.8 Å². The van der Waals surface area contributed by atoms with Gasteiger partial charge in [0.2, 0.25) is 5.91 Å². The highest BCUT2D eigenvalue weighted by Crippen LogP contribution is 2.29. The average Bonchev–Trinajstić information content (AvgIpc) is 2.38. The van der Waals surface area contributed by atoms with Gasteiger partial charge in [0, 0.05) is 11.7 Å². The number of nitrogens with two attached hydrogens (primary N) is 1. The second-order valence-electron chi connectivity index (χ2n) is 5.86. The summed E-state index contributed by atoms with van der Waals surface area (Å²) < 4.78 is 0. The summed E-state index contributed by atoms with van der Waals surface area (Å²) in [5, 5.41) is 3.19. The van der Waals surface area contributed by atoms with Crippen molar-refractivity contribution >= 4 is 11.6 Å². The van der Waals surface area contributed by atoms with Gasteiger partial charge in [-0.25, -0.2) is 0 Å². The minimum Gasteiger partial charge on any atom is -0.399 e. The highest BCUT2D eigenvalue weighted by molar-refractivity contribution is 5.79. The first-order chi connectivity index (χ1) is 9.06. The summed E-state index contributed by atoms with van der Waals surface area (Å²) in [6, 6.07) is 7.86. The van der Waals surface area contributed by atoms with Crippen LogP contribution in [0.1, 0.15) is 38.7 Å². The molecule has 0 radical (unpaired) electrons. The SMILES string of the molecule is CC1CCCC(NC(=O)Cc2ccc(N)cc2)C1C. The van der Waals surface area contributed by atoms with Crippen LogP contribution in [0.4, 0.5) is 5.69 Å². The molecule has 0 aliphatic heterocycles. The fourth-order valence-corrected chi connectivity index (χ4v) is 2.86. The first-order valence-electron chi connectivity index (χ1n) is 7.20. The molecule has 3 atom stereocenters. The second-order valence-corrected chi connectivity index (χ2v) is 5.86. The smallest absolute Gasteiger partial charge is 0.224 e. The predicted molar refractivity (Wildman–Crippen MR) is 78.7 cm³/mol. The minimum absolute atomic E-state index is 0.121. The van der Waals surface area contributed by atoms with Gasteiger partial charge in [-0.05, 0) is 36.0 Å². The maximum absolute atomic E-state index is 12.1. The molecule has 0 saturated heterocycles. The van der Waals surface area contributed by atoms with E-state index in [1.54, 1.807) is 0 Å². The molecule has 1 aromatic carbocycles. The monoisotopic (exact) mass is 260 g/mol. The predicted octanol–water partition coefficient (Wildman–Crippen LogP) is 2.75. The van der Waals surface area contributed by atoms with Crippen LogP contribution in [0, 0.1) is 11.8 Å². The number of hydrogen-bond donors (Lipinski definition) is 2. The van der Waals surface area contributed by atoms with Crippen molar-refractivity contribution in [2.24, 2.45) is 11.8 Å². The summed E-state index contributed by atoms with van der Waals surface area (Å²) in [5.41, 5.74) is 7.39. The van der Waals surface area contributed by atoms with E-state index in [4.69, 9.17) is 5.73 Å². The number of carbonyl (C=O) groups is 1. The number of benzene rings is 1. The van der Waals surface area contributed by atoms with E-state index in [0.29, 0.717) is 24.3 Å². The summed E-state index contributed by atoms with van der Waals surface area (Å²) in [5.74, 6) is 1.40. The van der Waals surface area contributed by atoms with E-state index >= 15 is 0 Å². The van der Waals surface area contributed by atoms with Crippen molar-refractivity contribution in [1.82, 2.24) is 5.32 Å². The molecule has 3 nitrogen and oxygen atoms in total. The Hall–Kier alpha value is -1.51. The van der Waals surface area contributed by atoms with Crippen molar-refractivity contribution in [3.63, 3.8) is 0 Å². The summed E-state index contributed by atoms with van der Waals surface area (Å²) in [6.45, 7) is 4.53. The summed E-state index contributed by atoms with van der Waals surface area (Å²) in [6.07, 6.45) is 4.06. The van der Waals surface area contributed by atoms with Gasteiger partial charge in [0.1, 0.15) is 0 Å². The number of hydrogen-bond acceptors (Lipinski definition) is 2. The van der Waals surface area contributed by atoms with Gasteiger partial charge >= 0.3 is 0 Å². The zero-order valence-electron chi connectivity index (χ0n) is 11.9. The summed E-state index contributed by atoms with van der Waals surface area (Å²) in [7, 11) is 0. The fourth-order valence-electron chi connectivity index (χ4n) is 2.86. The van der Waals surface area contributed by atoms with Gasteiger partial charge in [0.25, 0.3) is 0 Å². The lowest BCUT2D eigenvalue weighted by molar-refractivity contribution is -0.121. The van der Waals surface area contributed by atoms with Gasteiger partial charge in [-0.3, -0.25) is 4.79 Å². The van der Waals surface area contributed by atoms with Crippen LogP contribution in [0.5, 0.6) is 0 Å². The normalized spacial score (nSPS) is 26.9. The summed E-state index contributed by atoms with van der Waals surface area (Å²) in [4.78, 5) is 12.1.